The van der Waals surface area contributed by atoms with Crippen molar-refractivity contribution in [1.29, 1.82) is 0 Å². The number of carbonyl (C=O) groups excluding carboxylic acids is 1. The van der Waals surface area contributed by atoms with Crippen LogP contribution in [0.3, 0.4) is 0 Å². The number of hydrogen-bond donors (Lipinski definition) is 0. The molecule has 0 saturated carbocycles. The molecule has 4 aromatic rings. The molecule has 5 nitrogen and oxygen atoms in total. The highest BCUT2D eigenvalue weighted by Gasteiger charge is 2.13. The second kappa shape index (κ2) is 10.8. The number of methoxy groups -OCH3 is 1. The normalized spacial score (nSPS) is 11.3. The lowest BCUT2D eigenvalue weighted by Gasteiger charge is -2.12. The maximum Gasteiger partial charge on any atom is 0.167 e. The molecule has 0 aliphatic rings. The molecule has 182 valence electrons. The van der Waals surface area contributed by atoms with Gasteiger partial charge in [0.15, 0.2) is 5.78 Å². The SMILES string of the molecule is COc1ccc(CC(=O)c2ccc(Oc3ccc4c(c3)c(C)c(C)n4CCCN(C)C)cc2)cc1. The first-order valence-electron chi connectivity index (χ1n) is 12.0. The van der Waals surface area contributed by atoms with E-state index >= 15 is 0 Å². The summed E-state index contributed by atoms with van der Waals surface area (Å²) in [7, 11) is 5.85. The Kier molecular flexibility index (Phi) is 7.57. The fraction of sp³-hybridized carbons (Fsp3) is 0.300. The number of ether oxygens (including phenoxy) is 2. The van der Waals surface area contributed by atoms with Crippen molar-refractivity contribution in [3.05, 3.63) is 89.1 Å². The van der Waals surface area contributed by atoms with Crippen molar-refractivity contribution in [2.75, 3.05) is 27.7 Å². The van der Waals surface area contributed by atoms with Gasteiger partial charge >= 0.3 is 0 Å². The van der Waals surface area contributed by atoms with Gasteiger partial charge in [-0.2, -0.15) is 0 Å². The molecule has 0 saturated heterocycles. The molecule has 0 radical (unpaired) electrons. The summed E-state index contributed by atoms with van der Waals surface area (Å²) in [5.41, 5.74) is 5.46. The van der Waals surface area contributed by atoms with Gasteiger partial charge in [0.05, 0.1) is 7.11 Å². The fourth-order valence-corrected chi connectivity index (χ4v) is 4.40. The zero-order chi connectivity index (χ0) is 24.9. The molecule has 0 amide bonds. The summed E-state index contributed by atoms with van der Waals surface area (Å²) in [5, 5.41) is 1.22. The van der Waals surface area contributed by atoms with Crippen molar-refractivity contribution in [2.45, 2.75) is 33.2 Å². The van der Waals surface area contributed by atoms with E-state index in [0.717, 1.165) is 36.6 Å². The average Bonchev–Trinajstić information content (AvgIpc) is 3.09. The molecule has 1 aromatic heterocycles. The van der Waals surface area contributed by atoms with Crippen LogP contribution >= 0.6 is 0 Å². The van der Waals surface area contributed by atoms with Crippen LogP contribution in [0.2, 0.25) is 0 Å². The van der Waals surface area contributed by atoms with Crippen LogP contribution in [0.25, 0.3) is 10.9 Å². The predicted molar refractivity (Wildman–Crippen MR) is 142 cm³/mol. The minimum Gasteiger partial charge on any atom is -0.497 e. The fourth-order valence-electron chi connectivity index (χ4n) is 4.40. The zero-order valence-corrected chi connectivity index (χ0v) is 21.3. The molecule has 0 N–H and O–H groups in total. The van der Waals surface area contributed by atoms with E-state index in [9.17, 15) is 4.79 Å². The first-order valence-corrected chi connectivity index (χ1v) is 12.0. The molecule has 0 atom stereocenters. The number of hydrogen-bond acceptors (Lipinski definition) is 4. The lowest BCUT2D eigenvalue weighted by atomic mass is 10.0. The molecule has 0 spiro atoms. The number of fused-ring (bicyclic) bond motifs is 1. The van der Waals surface area contributed by atoms with Gasteiger partial charge in [0, 0.05) is 35.1 Å². The Hall–Kier alpha value is -3.57. The van der Waals surface area contributed by atoms with E-state index in [4.69, 9.17) is 9.47 Å². The van der Waals surface area contributed by atoms with Crippen molar-refractivity contribution >= 4 is 16.7 Å². The molecule has 5 heteroatoms. The van der Waals surface area contributed by atoms with Crippen molar-refractivity contribution in [3.8, 4) is 17.2 Å². The summed E-state index contributed by atoms with van der Waals surface area (Å²) in [5.74, 6) is 2.37. The van der Waals surface area contributed by atoms with Crippen LogP contribution in [0.5, 0.6) is 17.2 Å². The van der Waals surface area contributed by atoms with Crippen LogP contribution in [0.15, 0.2) is 66.7 Å². The van der Waals surface area contributed by atoms with Crippen LogP contribution in [0, 0.1) is 13.8 Å². The summed E-state index contributed by atoms with van der Waals surface area (Å²) in [6.07, 6.45) is 1.46. The number of carbonyl (C=O) groups is 1. The lowest BCUT2D eigenvalue weighted by molar-refractivity contribution is 0.0993. The summed E-state index contributed by atoms with van der Waals surface area (Å²) < 4.78 is 13.7. The molecule has 3 aromatic carbocycles. The van der Waals surface area contributed by atoms with E-state index in [1.165, 1.54) is 22.2 Å². The van der Waals surface area contributed by atoms with Crippen molar-refractivity contribution < 1.29 is 14.3 Å². The van der Waals surface area contributed by atoms with Gasteiger partial charge < -0.3 is 18.9 Å². The molecule has 0 unspecified atom stereocenters. The quantitative estimate of drug-likeness (QED) is 0.250. The van der Waals surface area contributed by atoms with Gasteiger partial charge in [-0.15, -0.1) is 0 Å². The maximum absolute atomic E-state index is 12.7. The van der Waals surface area contributed by atoms with Crippen LogP contribution in [-0.4, -0.2) is 43.0 Å². The highest BCUT2D eigenvalue weighted by Crippen LogP contribution is 2.31. The number of nitrogens with zero attached hydrogens (tertiary/aromatic N) is 2. The number of rotatable bonds is 10. The van der Waals surface area contributed by atoms with E-state index in [2.05, 4.69) is 49.5 Å². The number of aromatic nitrogens is 1. The smallest absolute Gasteiger partial charge is 0.167 e. The summed E-state index contributed by atoms with van der Waals surface area (Å²) in [4.78, 5) is 14.9. The average molecular weight is 471 g/mol. The van der Waals surface area contributed by atoms with Crippen molar-refractivity contribution in [1.82, 2.24) is 9.47 Å². The molecular weight excluding hydrogens is 436 g/mol. The predicted octanol–water partition coefficient (Wildman–Crippen LogP) is 6.44. The Morgan fingerprint density at radius 2 is 1.54 bits per heavy atom. The van der Waals surface area contributed by atoms with Gasteiger partial charge in [-0.25, -0.2) is 0 Å². The molecule has 35 heavy (non-hydrogen) atoms. The van der Waals surface area contributed by atoms with E-state index in [-0.39, 0.29) is 5.78 Å². The van der Waals surface area contributed by atoms with E-state index in [1.807, 2.05) is 54.6 Å². The van der Waals surface area contributed by atoms with E-state index in [1.54, 1.807) is 7.11 Å². The summed E-state index contributed by atoms with van der Waals surface area (Å²) in [6.45, 7) is 6.43. The van der Waals surface area contributed by atoms with E-state index < -0.39 is 0 Å². The van der Waals surface area contributed by atoms with Gasteiger partial charge in [0.2, 0.25) is 0 Å². The Morgan fingerprint density at radius 1 is 0.886 bits per heavy atom. The van der Waals surface area contributed by atoms with Gasteiger partial charge in [-0.3, -0.25) is 4.79 Å². The maximum atomic E-state index is 12.7. The van der Waals surface area contributed by atoms with Crippen LogP contribution in [0.4, 0.5) is 0 Å². The van der Waals surface area contributed by atoms with Crippen LogP contribution < -0.4 is 9.47 Å². The zero-order valence-electron chi connectivity index (χ0n) is 21.3. The standard InChI is InChI=1S/C30H34N2O3/c1-21-22(2)32(18-6-17-31(3)4)29-16-15-27(20-28(21)29)35-26-13-9-24(10-14-26)30(33)19-23-7-11-25(34-5)12-8-23/h7-16,20H,6,17-19H2,1-5H3. The summed E-state index contributed by atoms with van der Waals surface area (Å²) >= 11 is 0. The Balaban J connectivity index is 1.44. The van der Waals surface area contributed by atoms with Crippen molar-refractivity contribution in [2.24, 2.45) is 0 Å². The molecular formula is C30H34N2O3. The Morgan fingerprint density at radius 3 is 2.20 bits per heavy atom. The number of ketones is 1. The molecule has 0 fully saturated rings. The van der Waals surface area contributed by atoms with Gasteiger partial charge in [0.1, 0.15) is 17.2 Å². The third-order valence-electron chi connectivity index (χ3n) is 6.53. The lowest BCUT2D eigenvalue weighted by Crippen LogP contribution is -2.15. The first kappa shape index (κ1) is 24.6. The largest absolute Gasteiger partial charge is 0.497 e. The highest BCUT2D eigenvalue weighted by molar-refractivity contribution is 5.97. The molecule has 1 heterocycles. The van der Waals surface area contributed by atoms with E-state index in [0.29, 0.717) is 17.7 Å². The third kappa shape index (κ3) is 5.75. The Labute approximate surface area is 207 Å². The van der Waals surface area contributed by atoms with Gasteiger partial charge in [-0.05, 0) is 107 Å². The molecule has 0 bridgehead atoms. The highest BCUT2D eigenvalue weighted by atomic mass is 16.5. The molecule has 0 aliphatic carbocycles. The summed E-state index contributed by atoms with van der Waals surface area (Å²) in [6, 6.07) is 21.2. The Bertz CT molecular complexity index is 1300. The number of Topliss-reactive ketones (excluding diaryl/α,β-unsaturated/α-hetero) is 1. The van der Waals surface area contributed by atoms with Gasteiger partial charge in [0.25, 0.3) is 0 Å². The van der Waals surface area contributed by atoms with Gasteiger partial charge in [-0.1, -0.05) is 12.1 Å². The monoisotopic (exact) mass is 470 g/mol. The van der Waals surface area contributed by atoms with Crippen molar-refractivity contribution in [3.63, 3.8) is 0 Å². The topological polar surface area (TPSA) is 43.7 Å². The van der Waals surface area contributed by atoms with Crippen LogP contribution in [0.1, 0.15) is 33.6 Å². The minimum absolute atomic E-state index is 0.0739. The second-order valence-electron chi connectivity index (χ2n) is 9.27. The molecule has 4 rings (SSSR count). The second-order valence-corrected chi connectivity index (χ2v) is 9.27. The number of benzene rings is 3. The minimum atomic E-state index is 0.0739. The third-order valence-corrected chi connectivity index (χ3v) is 6.53. The first-order chi connectivity index (χ1) is 16.9. The number of aryl methyl sites for hydroxylation is 2. The molecule has 0 aliphatic heterocycles. The van der Waals surface area contributed by atoms with Crippen LogP contribution in [-0.2, 0) is 13.0 Å².